The van der Waals surface area contributed by atoms with Gasteiger partial charge in [0.05, 0.1) is 11.5 Å². The number of nitrogens with one attached hydrogen (secondary N) is 1. The van der Waals surface area contributed by atoms with Crippen LogP contribution in [0.3, 0.4) is 0 Å². The van der Waals surface area contributed by atoms with Gasteiger partial charge in [0.2, 0.25) is 10.0 Å². The van der Waals surface area contributed by atoms with Crippen molar-refractivity contribution >= 4 is 10.0 Å². The first-order valence-electron chi connectivity index (χ1n) is 6.80. The van der Waals surface area contributed by atoms with Crippen molar-refractivity contribution in [1.29, 1.82) is 0 Å². The Morgan fingerprint density at radius 1 is 1.50 bits per heavy atom. The number of aryl methyl sites for hydroxylation is 1. The van der Waals surface area contributed by atoms with Gasteiger partial charge >= 0.3 is 0 Å². The molecule has 114 valence electrons. The minimum Gasteiger partial charge on any atom is -0.390 e. The van der Waals surface area contributed by atoms with Crippen molar-refractivity contribution < 1.29 is 18.3 Å². The summed E-state index contributed by atoms with van der Waals surface area (Å²) >= 11 is 0. The molecule has 1 fully saturated rings. The second-order valence-corrected chi connectivity index (χ2v) is 7.01. The van der Waals surface area contributed by atoms with Crippen LogP contribution >= 0.6 is 0 Å². The Morgan fingerprint density at radius 2 is 2.15 bits per heavy atom. The predicted molar refractivity (Wildman–Crippen MR) is 74.7 cm³/mol. The maximum Gasteiger partial charge on any atom is 0.242 e. The van der Waals surface area contributed by atoms with Gasteiger partial charge in [-0.1, -0.05) is 0 Å². The van der Waals surface area contributed by atoms with E-state index in [0.29, 0.717) is 24.8 Å². The quantitative estimate of drug-likeness (QED) is 0.835. The molecule has 2 N–H and O–H groups in total. The van der Waals surface area contributed by atoms with E-state index in [2.05, 4.69) is 4.72 Å². The van der Waals surface area contributed by atoms with Gasteiger partial charge in [-0.25, -0.2) is 13.1 Å². The van der Waals surface area contributed by atoms with Crippen LogP contribution in [0.25, 0.3) is 0 Å². The standard InChI is InChI=1S/C13H22N2O4S/c1-10(11-3-5-19-6-4-11)14-20(17,18)13-7-12(9-16)15(2)8-13/h7-8,10-11,14,16H,3-6,9H2,1-2H3. The summed E-state index contributed by atoms with van der Waals surface area (Å²) in [6, 6.07) is 1.38. The largest absolute Gasteiger partial charge is 0.390 e. The van der Waals surface area contributed by atoms with Crippen LogP contribution in [0, 0.1) is 5.92 Å². The van der Waals surface area contributed by atoms with Crippen LogP contribution < -0.4 is 4.72 Å². The van der Waals surface area contributed by atoms with Crippen LogP contribution in [0.1, 0.15) is 25.5 Å². The van der Waals surface area contributed by atoms with Crippen molar-refractivity contribution in [1.82, 2.24) is 9.29 Å². The lowest BCUT2D eigenvalue weighted by atomic mass is 9.94. The lowest BCUT2D eigenvalue weighted by Gasteiger charge is -2.28. The fourth-order valence-corrected chi connectivity index (χ4v) is 3.91. The third kappa shape index (κ3) is 3.41. The number of aliphatic hydroxyl groups excluding tert-OH is 1. The molecule has 0 bridgehead atoms. The van der Waals surface area contributed by atoms with E-state index in [0.717, 1.165) is 12.8 Å². The number of hydrogen-bond donors (Lipinski definition) is 2. The number of rotatable bonds is 5. The van der Waals surface area contributed by atoms with Crippen LogP contribution in [0.15, 0.2) is 17.2 Å². The minimum absolute atomic E-state index is 0.123. The molecule has 0 saturated carbocycles. The van der Waals surface area contributed by atoms with Crippen LogP contribution in [0.4, 0.5) is 0 Å². The van der Waals surface area contributed by atoms with E-state index in [1.54, 1.807) is 11.6 Å². The molecule has 1 aliphatic rings. The fourth-order valence-electron chi connectivity index (χ4n) is 2.51. The maximum atomic E-state index is 12.3. The molecule has 1 saturated heterocycles. The highest BCUT2D eigenvalue weighted by atomic mass is 32.2. The van der Waals surface area contributed by atoms with E-state index in [9.17, 15) is 8.42 Å². The number of aliphatic hydroxyl groups is 1. The van der Waals surface area contributed by atoms with Crippen molar-refractivity contribution in [3.05, 3.63) is 18.0 Å². The highest BCUT2D eigenvalue weighted by Crippen LogP contribution is 2.21. The van der Waals surface area contributed by atoms with Crippen LogP contribution in [-0.4, -0.2) is 37.3 Å². The zero-order valence-corrected chi connectivity index (χ0v) is 12.7. The Bertz CT molecular complexity index is 547. The predicted octanol–water partition coefficient (Wildman–Crippen LogP) is 0.611. The average molecular weight is 302 g/mol. The fraction of sp³-hybridized carbons (Fsp3) is 0.692. The van der Waals surface area contributed by atoms with Gasteiger partial charge in [-0.3, -0.25) is 0 Å². The Labute approximate surface area is 119 Å². The molecule has 0 aliphatic carbocycles. The van der Waals surface area contributed by atoms with Crippen LogP contribution in [0.5, 0.6) is 0 Å². The summed E-state index contributed by atoms with van der Waals surface area (Å²) in [5.41, 5.74) is 0.573. The Balaban J connectivity index is 2.09. The minimum atomic E-state index is -3.54. The molecule has 1 aromatic heterocycles. The summed E-state index contributed by atoms with van der Waals surface area (Å²) in [4.78, 5) is 0.197. The van der Waals surface area contributed by atoms with E-state index in [-0.39, 0.29) is 17.5 Å². The summed E-state index contributed by atoms with van der Waals surface area (Å²) < 4.78 is 34.3. The molecule has 1 atom stereocenters. The molecule has 0 aromatic carbocycles. The van der Waals surface area contributed by atoms with Crippen LogP contribution in [0.2, 0.25) is 0 Å². The van der Waals surface area contributed by atoms with Crippen molar-refractivity contribution in [3.8, 4) is 0 Å². The number of aromatic nitrogens is 1. The normalized spacial score (nSPS) is 19.1. The molecule has 6 nitrogen and oxygen atoms in total. The molecule has 1 aromatic rings. The average Bonchev–Trinajstić information content (AvgIpc) is 2.81. The molecular formula is C13H22N2O4S. The molecule has 0 radical (unpaired) electrons. The second-order valence-electron chi connectivity index (χ2n) is 5.30. The van der Waals surface area contributed by atoms with Gasteiger partial charge in [-0.05, 0) is 31.7 Å². The first-order chi connectivity index (χ1) is 9.44. The summed E-state index contributed by atoms with van der Waals surface area (Å²) in [5, 5.41) is 9.13. The summed E-state index contributed by atoms with van der Waals surface area (Å²) in [7, 11) is -1.83. The van der Waals surface area contributed by atoms with Gasteiger partial charge < -0.3 is 14.4 Å². The van der Waals surface area contributed by atoms with Gasteiger partial charge in [0, 0.05) is 38.2 Å². The van der Waals surface area contributed by atoms with Gasteiger partial charge in [-0.15, -0.1) is 0 Å². The van der Waals surface area contributed by atoms with Crippen LogP contribution in [-0.2, 0) is 28.4 Å². The Kier molecular flexibility index (Phi) is 4.85. The second kappa shape index (κ2) is 6.26. The third-order valence-electron chi connectivity index (χ3n) is 3.87. The summed E-state index contributed by atoms with van der Waals surface area (Å²) in [5.74, 6) is 0.305. The lowest BCUT2D eigenvalue weighted by molar-refractivity contribution is 0.0585. The third-order valence-corrected chi connectivity index (χ3v) is 5.40. The topological polar surface area (TPSA) is 80.6 Å². The molecule has 1 unspecified atom stereocenters. The SMILES string of the molecule is CC(NS(=O)(=O)c1cc(CO)n(C)c1)C1CCOCC1. The Morgan fingerprint density at radius 3 is 2.70 bits per heavy atom. The van der Waals surface area contributed by atoms with Gasteiger partial charge in [0.15, 0.2) is 0 Å². The van der Waals surface area contributed by atoms with Gasteiger partial charge in [-0.2, -0.15) is 0 Å². The summed E-state index contributed by atoms with van der Waals surface area (Å²) in [6.45, 7) is 3.10. The molecular weight excluding hydrogens is 280 g/mol. The maximum absolute atomic E-state index is 12.3. The molecule has 2 heterocycles. The molecule has 0 spiro atoms. The van der Waals surface area contributed by atoms with E-state index in [1.807, 2.05) is 6.92 Å². The van der Waals surface area contributed by atoms with E-state index < -0.39 is 10.0 Å². The molecule has 1 aliphatic heterocycles. The molecule has 2 rings (SSSR count). The smallest absolute Gasteiger partial charge is 0.242 e. The zero-order chi connectivity index (χ0) is 14.8. The monoisotopic (exact) mass is 302 g/mol. The highest BCUT2D eigenvalue weighted by Gasteiger charge is 2.26. The van der Waals surface area contributed by atoms with Crippen molar-refractivity contribution in [3.63, 3.8) is 0 Å². The van der Waals surface area contributed by atoms with E-state index in [4.69, 9.17) is 9.84 Å². The van der Waals surface area contributed by atoms with Crippen molar-refractivity contribution in [2.75, 3.05) is 13.2 Å². The highest BCUT2D eigenvalue weighted by molar-refractivity contribution is 7.89. The van der Waals surface area contributed by atoms with Gasteiger partial charge in [0.1, 0.15) is 0 Å². The van der Waals surface area contributed by atoms with Gasteiger partial charge in [0.25, 0.3) is 0 Å². The number of ether oxygens (including phenoxy) is 1. The molecule has 0 amide bonds. The van der Waals surface area contributed by atoms with E-state index >= 15 is 0 Å². The van der Waals surface area contributed by atoms with Crippen molar-refractivity contribution in [2.24, 2.45) is 13.0 Å². The first kappa shape index (κ1) is 15.5. The number of sulfonamides is 1. The summed E-state index contributed by atoms with van der Waals surface area (Å²) in [6.07, 6.45) is 3.27. The van der Waals surface area contributed by atoms with E-state index in [1.165, 1.54) is 12.3 Å². The van der Waals surface area contributed by atoms with Crippen molar-refractivity contribution in [2.45, 2.75) is 37.3 Å². The lowest BCUT2D eigenvalue weighted by Crippen LogP contribution is -2.40. The number of hydrogen-bond acceptors (Lipinski definition) is 4. The zero-order valence-electron chi connectivity index (χ0n) is 11.9. The molecule has 20 heavy (non-hydrogen) atoms. The Hall–Kier alpha value is -0.890. The first-order valence-corrected chi connectivity index (χ1v) is 8.28. The molecule has 7 heteroatoms. The number of nitrogens with zero attached hydrogens (tertiary/aromatic N) is 1.